The summed E-state index contributed by atoms with van der Waals surface area (Å²) in [5.41, 5.74) is 1.67. The van der Waals surface area contributed by atoms with Crippen LogP contribution >= 0.6 is 0 Å². The number of rotatable bonds is 5. The van der Waals surface area contributed by atoms with Gasteiger partial charge in [-0.05, 0) is 43.0 Å². The van der Waals surface area contributed by atoms with Crippen LogP contribution in [0.15, 0.2) is 24.3 Å². The average molecular weight is 235 g/mol. The molecular formula is C15H25NO. The summed E-state index contributed by atoms with van der Waals surface area (Å²) in [7, 11) is 1.70. The molecule has 96 valence electrons. The third-order valence-corrected chi connectivity index (χ3v) is 3.32. The first kappa shape index (κ1) is 14.0. The predicted molar refractivity (Wildman–Crippen MR) is 73.6 cm³/mol. The molecule has 0 spiro atoms. The minimum atomic E-state index is 0.319. The zero-order chi connectivity index (χ0) is 12.9. The molecule has 0 aromatic heterocycles. The van der Waals surface area contributed by atoms with E-state index in [4.69, 9.17) is 4.74 Å². The van der Waals surface area contributed by atoms with Crippen LogP contribution in [0.25, 0.3) is 0 Å². The van der Waals surface area contributed by atoms with Crippen molar-refractivity contribution in [1.82, 2.24) is 5.32 Å². The molecule has 0 fully saturated rings. The Morgan fingerprint density at radius 3 is 2.24 bits per heavy atom. The van der Waals surface area contributed by atoms with Crippen LogP contribution in [-0.4, -0.2) is 19.7 Å². The normalized spacial score (nSPS) is 13.5. The van der Waals surface area contributed by atoms with Crippen LogP contribution in [0, 0.1) is 5.41 Å². The topological polar surface area (TPSA) is 21.3 Å². The van der Waals surface area contributed by atoms with E-state index >= 15 is 0 Å². The SMILES string of the molecule is COc1ccc(CCNC(C)C(C)(C)C)cc1. The molecule has 2 heteroatoms. The molecule has 0 aliphatic heterocycles. The van der Waals surface area contributed by atoms with Crippen LogP contribution in [0.5, 0.6) is 5.75 Å². The second-order valence-corrected chi connectivity index (χ2v) is 5.64. The summed E-state index contributed by atoms with van der Waals surface area (Å²) >= 11 is 0. The highest BCUT2D eigenvalue weighted by Gasteiger charge is 2.18. The quantitative estimate of drug-likeness (QED) is 0.846. The van der Waals surface area contributed by atoms with Crippen molar-refractivity contribution in [3.63, 3.8) is 0 Å². The second kappa shape index (κ2) is 6.06. The van der Waals surface area contributed by atoms with E-state index in [1.165, 1.54) is 5.56 Å². The van der Waals surface area contributed by atoms with E-state index < -0.39 is 0 Å². The minimum absolute atomic E-state index is 0.319. The maximum atomic E-state index is 5.14. The van der Waals surface area contributed by atoms with Crippen molar-refractivity contribution in [3.05, 3.63) is 29.8 Å². The monoisotopic (exact) mass is 235 g/mol. The van der Waals surface area contributed by atoms with Gasteiger partial charge in [-0.3, -0.25) is 0 Å². The Morgan fingerprint density at radius 1 is 1.18 bits per heavy atom. The van der Waals surface area contributed by atoms with Crippen LogP contribution in [0.1, 0.15) is 33.3 Å². The highest BCUT2D eigenvalue weighted by molar-refractivity contribution is 5.27. The predicted octanol–water partition coefficient (Wildman–Crippen LogP) is 3.26. The number of nitrogens with one attached hydrogen (secondary N) is 1. The molecule has 1 N–H and O–H groups in total. The van der Waals surface area contributed by atoms with E-state index in [0.29, 0.717) is 11.5 Å². The molecule has 1 aromatic rings. The molecular weight excluding hydrogens is 210 g/mol. The number of hydrogen-bond donors (Lipinski definition) is 1. The van der Waals surface area contributed by atoms with Crippen LogP contribution in [0.3, 0.4) is 0 Å². The Morgan fingerprint density at radius 2 is 1.76 bits per heavy atom. The summed E-state index contributed by atoms with van der Waals surface area (Å²) in [5.74, 6) is 0.921. The summed E-state index contributed by atoms with van der Waals surface area (Å²) in [6.45, 7) is 10.0. The fourth-order valence-electron chi connectivity index (χ4n) is 1.53. The van der Waals surface area contributed by atoms with Gasteiger partial charge in [-0.15, -0.1) is 0 Å². The first-order valence-corrected chi connectivity index (χ1v) is 6.30. The highest BCUT2D eigenvalue weighted by Crippen LogP contribution is 2.18. The van der Waals surface area contributed by atoms with Gasteiger partial charge in [-0.2, -0.15) is 0 Å². The van der Waals surface area contributed by atoms with Crippen molar-refractivity contribution in [1.29, 1.82) is 0 Å². The summed E-state index contributed by atoms with van der Waals surface area (Å²) in [5, 5.41) is 3.57. The van der Waals surface area contributed by atoms with E-state index in [9.17, 15) is 0 Å². The molecule has 17 heavy (non-hydrogen) atoms. The molecule has 0 aliphatic rings. The minimum Gasteiger partial charge on any atom is -0.497 e. The van der Waals surface area contributed by atoms with Crippen LogP contribution < -0.4 is 10.1 Å². The van der Waals surface area contributed by atoms with E-state index in [0.717, 1.165) is 18.7 Å². The van der Waals surface area contributed by atoms with Crippen molar-refractivity contribution < 1.29 is 4.74 Å². The lowest BCUT2D eigenvalue weighted by atomic mass is 9.88. The Labute approximate surface area is 105 Å². The van der Waals surface area contributed by atoms with Crippen molar-refractivity contribution in [2.24, 2.45) is 5.41 Å². The molecule has 1 atom stereocenters. The lowest BCUT2D eigenvalue weighted by molar-refractivity contribution is 0.288. The summed E-state index contributed by atoms with van der Waals surface area (Å²) in [4.78, 5) is 0. The summed E-state index contributed by atoms with van der Waals surface area (Å²) in [6.07, 6.45) is 1.06. The van der Waals surface area contributed by atoms with Crippen molar-refractivity contribution >= 4 is 0 Å². The van der Waals surface area contributed by atoms with E-state index in [-0.39, 0.29) is 0 Å². The zero-order valence-electron chi connectivity index (χ0n) is 11.7. The summed E-state index contributed by atoms with van der Waals surface area (Å²) in [6, 6.07) is 8.82. The van der Waals surface area contributed by atoms with Crippen LogP contribution in [0.2, 0.25) is 0 Å². The van der Waals surface area contributed by atoms with Gasteiger partial charge >= 0.3 is 0 Å². The Kier molecular flexibility index (Phi) is 5.01. The van der Waals surface area contributed by atoms with Crippen molar-refractivity contribution in [2.45, 2.75) is 40.2 Å². The molecule has 1 unspecified atom stereocenters. The van der Waals surface area contributed by atoms with Gasteiger partial charge in [0.2, 0.25) is 0 Å². The molecule has 1 aromatic carbocycles. The standard InChI is InChI=1S/C15H25NO/c1-12(15(2,3)4)16-11-10-13-6-8-14(17-5)9-7-13/h6-9,12,16H,10-11H2,1-5H3. The van der Waals surface area contributed by atoms with Gasteiger partial charge in [0.05, 0.1) is 7.11 Å². The largest absolute Gasteiger partial charge is 0.497 e. The average Bonchev–Trinajstić information content (AvgIpc) is 2.28. The van der Waals surface area contributed by atoms with Gasteiger partial charge in [0.1, 0.15) is 5.75 Å². The first-order chi connectivity index (χ1) is 7.93. The van der Waals surface area contributed by atoms with Crippen molar-refractivity contribution in [3.8, 4) is 5.75 Å². The maximum Gasteiger partial charge on any atom is 0.118 e. The molecule has 0 radical (unpaired) electrons. The molecule has 0 amide bonds. The Balaban J connectivity index is 2.35. The number of ether oxygens (including phenoxy) is 1. The molecule has 0 aliphatic carbocycles. The molecule has 1 rings (SSSR count). The Bertz CT molecular complexity index is 324. The number of hydrogen-bond acceptors (Lipinski definition) is 2. The molecule has 0 bridgehead atoms. The smallest absolute Gasteiger partial charge is 0.118 e. The van der Waals surface area contributed by atoms with E-state index in [2.05, 4.69) is 45.1 Å². The lowest BCUT2D eigenvalue weighted by Gasteiger charge is -2.28. The third kappa shape index (κ3) is 4.78. The van der Waals surface area contributed by atoms with Crippen LogP contribution in [-0.2, 0) is 6.42 Å². The molecule has 0 saturated heterocycles. The highest BCUT2D eigenvalue weighted by atomic mass is 16.5. The van der Waals surface area contributed by atoms with Gasteiger partial charge in [-0.1, -0.05) is 32.9 Å². The number of benzene rings is 1. The van der Waals surface area contributed by atoms with Gasteiger partial charge < -0.3 is 10.1 Å². The van der Waals surface area contributed by atoms with E-state index in [1.807, 2.05) is 12.1 Å². The Hall–Kier alpha value is -1.02. The van der Waals surface area contributed by atoms with Gasteiger partial charge in [0, 0.05) is 6.04 Å². The fraction of sp³-hybridized carbons (Fsp3) is 0.600. The first-order valence-electron chi connectivity index (χ1n) is 6.30. The van der Waals surface area contributed by atoms with Crippen molar-refractivity contribution in [2.75, 3.05) is 13.7 Å². The lowest BCUT2D eigenvalue weighted by Crippen LogP contribution is -2.38. The maximum absolute atomic E-state index is 5.14. The molecule has 0 heterocycles. The van der Waals surface area contributed by atoms with E-state index in [1.54, 1.807) is 7.11 Å². The zero-order valence-corrected chi connectivity index (χ0v) is 11.7. The summed E-state index contributed by atoms with van der Waals surface area (Å²) < 4.78 is 5.14. The molecule has 0 saturated carbocycles. The van der Waals surface area contributed by atoms with Crippen LogP contribution in [0.4, 0.5) is 0 Å². The van der Waals surface area contributed by atoms with Gasteiger partial charge in [-0.25, -0.2) is 0 Å². The second-order valence-electron chi connectivity index (χ2n) is 5.64. The van der Waals surface area contributed by atoms with Gasteiger partial charge in [0.15, 0.2) is 0 Å². The fourth-order valence-corrected chi connectivity index (χ4v) is 1.53. The van der Waals surface area contributed by atoms with Gasteiger partial charge in [0.25, 0.3) is 0 Å². The number of methoxy groups -OCH3 is 1. The molecule has 2 nitrogen and oxygen atoms in total. The third-order valence-electron chi connectivity index (χ3n) is 3.32.